The Morgan fingerprint density at radius 2 is 1.77 bits per heavy atom. The molecule has 3 rings (SSSR count). The molecule has 4 N–H and O–H groups in total. The van der Waals surface area contributed by atoms with Crippen LogP contribution in [0.1, 0.15) is 21.7 Å². The number of anilines is 3. The summed E-state index contributed by atoms with van der Waals surface area (Å²) in [6, 6.07) is 10.8. The average Bonchev–Trinajstić information content (AvgIpc) is 3.06. The highest BCUT2D eigenvalue weighted by Gasteiger charge is 2.22. The van der Waals surface area contributed by atoms with Crippen molar-refractivity contribution in [3.63, 3.8) is 0 Å². The third-order valence-corrected chi connectivity index (χ3v) is 7.52. The molecule has 1 aromatic heterocycles. The van der Waals surface area contributed by atoms with Crippen molar-refractivity contribution in [3.05, 3.63) is 63.0 Å². The summed E-state index contributed by atoms with van der Waals surface area (Å²) in [5.41, 5.74) is 6.64. The molecule has 0 saturated carbocycles. The number of nitrogens with zero attached hydrogens (tertiary/aromatic N) is 1. The monoisotopic (exact) mass is 485 g/mol. The third kappa shape index (κ3) is 4.93. The highest BCUT2D eigenvalue weighted by molar-refractivity contribution is 7.91. The van der Waals surface area contributed by atoms with Crippen LogP contribution in [0.2, 0.25) is 10.0 Å². The molecule has 0 spiro atoms. The minimum Gasteiger partial charge on any atom is -0.396 e. The van der Waals surface area contributed by atoms with Crippen molar-refractivity contribution in [2.24, 2.45) is 0 Å². The first-order valence-corrected chi connectivity index (χ1v) is 11.9. The minimum absolute atomic E-state index is 0.0340. The Morgan fingerprint density at radius 1 is 1.13 bits per heavy atom. The largest absolute Gasteiger partial charge is 0.396 e. The van der Waals surface area contributed by atoms with Gasteiger partial charge in [0, 0.05) is 12.3 Å². The Hall–Kier alpha value is -2.17. The standard InChI is InChI=1S/C19H17Cl2N3O4S2/c20-13-3-1-4-14(21)15(13)16(26)17-18(22)24-19(29-17)23-11-5-7-12(8-6-11)30(27,28)10-2-9-25/h1,3-8,25H,2,9-10,22H2,(H,23,24). The summed E-state index contributed by atoms with van der Waals surface area (Å²) in [5, 5.41) is 12.6. The lowest BCUT2D eigenvalue weighted by molar-refractivity contribution is 0.104. The second-order valence-corrected chi connectivity index (χ2v) is 10.1. The Labute approximate surface area is 187 Å². The molecule has 0 aliphatic carbocycles. The Balaban J connectivity index is 1.80. The van der Waals surface area contributed by atoms with Crippen molar-refractivity contribution in [3.8, 4) is 0 Å². The second-order valence-electron chi connectivity index (χ2n) is 6.20. The van der Waals surface area contributed by atoms with Crippen LogP contribution < -0.4 is 11.1 Å². The molecule has 0 fully saturated rings. The number of rotatable bonds is 8. The topological polar surface area (TPSA) is 122 Å². The van der Waals surface area contributed by atoms with E-state index in [1.165, 1.54) is 12.1 Å². The van der Waals surface area contributed by atoms with Gasteiger partial charge in [-0.05, 0) is 42.8 Å². The molecular formula is C19H17Cl2N3O4S2. The van der Waals surface area contributed by atoms with Crippen LogP contribution >= 0.6 is 34.5 Å². The number of nitrogens with two attached hydrogens (primary N) is 1. The number of carbonyl (C=O) groups is 1. The number of thiazole rings is 1. The SMILES string of the molecule is Nc1nc(Nc2ccc(S(=O)(=O)CCCO)cc2)sc1C(=O)c1c(Cl)cccc1Cl. The van der Waals surface area contributed by atoms with Crippen LogP contribution in [0.15, 0.2) is 47.4 Å². The number of halogens is 2. The maximum absolute atomic E-state index is 12.8. The van der Waals surface area contributed by atoms with E-state index >= 15 is 0 Å². The Bertz CT molecular complexity index is 1160. The fourth-order valence-electron chi connectivity index (χ4n) is 2.62. The molecule has 3 aromatic rings. The maximum Gasteiger partial charge on any atom is 0.209 e. The molecule has 0 amide bonds. The van der Waals surface area contributed by atoms with Gasteiger partial charge in [-0.1, -0.05) is 40.6 Å². The molecule has 0 saturated heterocycles. The lowest BCUT2D eigenvalue weighted by atomic mass is 10.1. The van der Waals surface area contributed by atoms with E-state index < -0.39 is 15.6 Å². The molecule has 0 bridgehead atoms. The number of hydrogen-bond acceptors (Lipinski definition) is 8. The summed E-state index contributed by atoms with van der Waals surface area (Å²) in [6.07, 6.45) is 0.174. The van der Waals surface area contributed by atoms with Gasteiger partial charge in [-0.3, -0.25) is 4.79 Å². The molecule has 0 unspecified atom stereocenters. The molecule has 0 aliphatic rings. The smallest absolute Gasteiger partial charge is 0.209 e. The van der Waals surface area contributed by atoms with Crippen molar-refractivity contribution in [2.75, 3.05) is 23.4 Å². The van der Waals surface area contributed by atoms with Gasteiger partial charge >= 0.3 is 0 Å². The van der Waals surface area contributed by atoms with Crippen molar-refractivity contribution >= 4 is 66.8 Å². The van der Waals surface area contributed by atoms with Crippen LogP contribution in [0.25, 0.3) is 0 Å². The van der Waals surface area contributed by atoms with Crippen molar-refractivity contribution < 1.29 is 18.3 Å². The number of aliphatic hydroxyl groups excluding tert-OH is 1. The zero-order chi connectivity index (χ0) is 21.9. The maximum atomic E-state index is 12.8. The number of nitrogen functional groups attached to an aromatic ring is 1. The van der Waals surface area contributed by atoms with E-state index in [0.717, 1.165) is 11.3 Å². The fourth-order valence-corrected chi connectivity index (χ4v) is 5.33. The predicted octanol–water partition coefficient (Wildman–Crippen LogP) is 4.16. The first-order chi connectivity index (χ1) is 14.2. The molecule has 0 radical (unpaired) electrons. The average molecular weight is 486 g/mol. The predicted molar refractivity (Wildman–Crippen MR) is 120 cm³/mol. The van der Waals surface area contributed by atoms with Gasteiger partial charge in [-0.2, -0.15) is 0 Å². The number of aromatic nitrogens is 1. The molecule has 1 heterocycles. The van der Waals surface area contributed by atoms with Crippen LogP contribution in [0.4, 0.5) is 16.6 Å². The zero-order valence-electron chi connectivity index (χ0n) is 15.4. The quantitative estimate of drug-likeness (QED) is 0.409. The van der Waals surface area contributed by atoms with Crippen LogP contribution in [-0.2, 0) is 9.84 Å². The summed E-state index contributed by atoms with van der Waals surface area (Å²) in [6.45, 7) is -0.190. The highest BCUT2D eigenvalue weighted by atomic mass is 35.5. The second kappa shape index (κ2) is 9.32. The van der Waals surface area contributed by atoms with E-state index in [9.17, 15) is 13.2 Å². The number of ketones is 1. The molecular weight excluding hydrogens is 469 g/mol. The highest BCUT2D eigenvalue weighted by Crippen LogP contribution is 2.34. The van der Waals surface area contributed by atoms with Crippen molar-refractivity contribution in [1.29, 1.82) is 0 Å². The summed E-state index contributed by atoms with van der Waals surface area (Å²) < 4.78 is 24.3. The molecule has 2 aromatic carbocycles. The van der Waals surface area contributed by atoms with Crippen LogP contribution in [-0.4, -0.2) is 36.7 Å². The van der Waals surface area contributed by atoms with Gasteiger partial charge in [0.1, 0.15) is 10.7 Å². The molecule has 0 aliphatic heterocycles. The lowest BCUT2D eigenvalue weighted by Gasteiger charge is -2.06. The Morgan fingerprint density at radius 3 is 2.37 bits per heavy atom. The van der Waals surface area contributed by atoms with E-state index in [4.69, 9.17) is 34.0 Å². The lowest BCUT2D eigenvalue weighted by Crippen LogP contribution is -2.08. The minimum atomic E-state index is -3.46. The van der Waals surface area contributed by atoms with Crippen molar-refractivity contribution in [2.45, 2.75) is 11.3 Å². The third-order valence-electron chi connectivity index (χ3n) is 4.09. The fraction of sp³-hybridized carbons (Fsp3) is 0.158. The van der Waals surface area contributed by atoms with E-state index in [0.29, 0.717) is 10.8 Å². The van der Waals surface area contributed by atoms with E-state index in [-0.39, 0.29) is 50.0 Å². The summed E-state index contributed by atoms with van der Waals surface area (Å²) >= 11 is 13.2. The first kappa shape index (κ1) is 22.5. The van der Waals surface area contributed by atoms with Crippen molar-refractivity contribution in [1.82, 2.24) is 4.98 Å². The molecule has 11 heteroatoms. The van der Waals surface area contributed by atoms with Gasteiger partial charge in [0.2, 0.25) is 5.78 Å². The molecule has 7 nitrogen and oxygen atoms in total. The molecule has 30 heavy (non-hydrogen) atoms. The van der Waals surface area contributed by atoms with E-state index in [1.807, 2.05) is 0 Å². The number of aliphatic hydroxyl groups is 1. The summed E-state index contributed by atoms with van der Waals surface area (Å²) in [7, 11) is -3.46. The Kier molecular flexibility index (Phi) is 6.99. The number of nitrogens with one attached hydrogen (secondary N) is 1. The van der Waals surface area contributed by atoms with E-state index in [1.54, 1.807) is 30.3 Å². The van der Waals surface area contributed by atoms with Gasteiger partial charge in [-0.15, -0.1) is 0 Å². The van der Waals surface area contributed by atoms with Crippen LogP contribution in [0.5, 0.6) is 0 Å². The van der Waals surface area contributed by atoms with Gasteiger partial charge in [0.05, 0.1) is 26.3 Å². The van der Waals surface area contributed by atoms with Crippen LogP contribution in [0, 0.1) is 0 Å². The number of benzene rings is 2. The van der Waals surface area contributed by atoms with Gasteiger partial charge in [-0.25, -0.2) is 13.4 Å². The van der Waals surface area contributed by atoms with Gasteiger partial charge in [0.25, 0.3) is 0 Å². The summed E-state index contributed by atoms with van der Waals surface area (Å²) in [5.74, 6) is -0.527. The summed E-state index contributed by atoms with van der Waals surface area (Å²) in [4.78, 5) is 17.3. The number of sulfone groups is 1. The number of carbonyl (C=O) groups excluding carboxylic acids is 1. The van der Waals surface area contributed by atoms with E-state index in [2.05, 4.69) is 10.3 Å². The molecule has 0 atom stereocenters. The first-order valence-electron chi connectivity index (χ1n) is 8.68. The van der Waals surface area contributed by atoms with Crippen LogP contribution in [0.3, 0.4) is 0 Å². The van der Waals surface area contributed by atoms with Gasteiger partial charge < -0.3 is 16.2 Å². The zero-order valence-corrected chi connectivity index (χ0v) is 18.6. The number of hydrogen-bond donors (Lipinski definition) is 3. The normalized spacial score (nSPS) is 11.4. The van der Waals surface area contributed by atoms with Gasteiger partial charge in [0.15, 0.2) is 15.0 Å². The molecule has 158 valence electrons.